The van der Waals surface area contributed by atoms with Gasteiger partial charge in [-0.15, -0.1) is 0 Å². The van der Waals surface area contributed by atoms with E-state index in [0.717, 1.165) is 31.6 Å². The van der Waals surface area contributed by atoms with Gasteiger partial charge in [0.25, 0.3) is 0 Å². The molecule has 2 fully saturated rings. The van der Waals surface area contributed by atoms with Crippen LogP contribution in [0.1, 0.15) is 25.7 Å². The molecule has 8 heteroatoms. The molecule has 1 aromatic carbocycles. The molecule has 0 aromatic heterocycles. The van der Waals surface area contributed by atoms with Crippen molar-refractivity contribution in [2.75, 3.05) is 63.9 Å². The first-order valence-electron chi connectivity index (χ1n) is 10.9. The summed E-state index contributed by atoms with van der Waals surface area (Å²) < 4.78 is 5.59. The van der Waals surface area contributed by atoms with E-state index >= 15 is 0 Å². The van der Waals surface area contributed by atoms with Gasteiger partial charge in [0.15, 0.2) is 0 Å². The number of hydrogen-bond acceptors (Lipinski definition) is 5. The predicted molar refractivity (Wildman–Crippen MR) is 112 cm³/mol. The van der Waals surface area contributed by atoms with E-state index in [1.54, 1.807) is 4.90 Å². The molecular formula is C22H30N4O4. The minimum Gasteiger partial charge on any atom is -0.490 e. The molecule has 30 heavy (non-hydrogen) atoms. The van der Waals surface area contributed by atoms with Crippen LogP contribution < -0.4 is 9.64 Å². The second-order valence-electron chi connectivity index (χ2n) is 8.11. The number of amides is 3. The molecule has 0 saturated carbocycles. The average molecular weight is 415 g/mol. The summed E-state index contributed by atoms with van der Waals surface area (Å²) in [5.74, 6) is 0.871. The van der Waals surface area contributed by atoms with Crippen molar-refractivity contribution in [2.24, 2.45) is 0 Å². The Kier molecular flexibility index (Phi) is 6.52. The van der Waals surface area contributed by atoms with Gasteiger partial charge in [0.05, 0.1) is 18.8 Å². The summed E-state index contributed by atoms with van der Waals surface area (Å²) >= 11 is 0. The minimum absolute atomic E-state index is 0.00964. The summed E-state index contributed by atoms with van der Waals surface area (Å²) in [6, 6.07) is 7.49. The Balaban J connectivity index is 1.21. The highest BCUT2D eigenvalue weighted by Crippen LogP contribution is 2.31. The molecule has 0 aliphatic carbocycles. The largest absolute Gasteiger partial charge is 0.490 e. The van der Waals surface area contributed by atoms with E-state index in [2.05, 4.69) is 4.90 Å². The van der Waals surface area contributed by atoms with Crippen LogP contribution in [0.5, 0.6) is 5.75 Å². The highest BCUT2D eigenvalue weighted by molar-refractivity contribution is 5.97. The zero-order valence-corrected chi connectivity index (χ0v) is 17.4. The van der Waals surface area contributed by atoms with Crippen molar-refractivity contribution in [3.05, 3.63) is 24.3 Å². The van der Waals surface area contributed by atoms with Gasteiger partial charge in [-0.3, -0.25) is 19.3 Å². The van der Waals surface area contributed by atoms with Crippen molar-refractivity contribution in [3.63, 3.8) is 0 Å². The molecule has 0 N–H and O–H groups in total. The van der Waals surface area contributed by atoms with Crippen molar-refractivity contribution in [1.82, 2.24) is 14.7 Å². The Morgan fingerprint density at radius 1 is 0.767 bits per heavy atom. The summed E-state index contributed by atoms with van der Waals surface area (Å²) in [4.78, 5) is 45.2. The van der Waals surface area contributed by atoms with Crippen LogP contribution in [-0.2, 0) is 14.4 Å². The molecule has 2 saturated heterocycles. The number of ether oxygens (including phenoxy) is 1. The molecule has 3 aliphatic heterocycles. The third kappa shape index (κ3) is 4.75. The third-order valence-corrected chi connectivity index (χ3v) is 6.12. The lowest BCUT2D eigenvalue weighted by Crippen LogP contribution is -2.51. The van der Waals surface area contributed by atoms with Gasteiger partial charge in [0, 0.05) is 52.1 Å². The summed E-state index contributed by atoms with van der Waals surface area (Å²) in [6.07, 6.45) is 2.61. The third-order valence-electron chi connectivity index (χ3n) is 6.12. The van der Waals surface area contributed by atoms with E-state index in [0.29, 0.717) is 51.6 Å². The van der Waals surface area contributed by atoms with Gasteiger partial charge in [-0.05, 0) is 25.0 Å². The highest BCUT2D eigenvalue weighted by atomic mass is 16.5. The van der Waals surface area contributed by atoms with Crippen molar-refractivity contribution in [1.29, 1.82) is 0 Å². The maximum absolute atomic E-state index is 12.7. The number of benzene rings is 1. The Labute approximate surface area is 177 Å². The maximum atomic E-state index is 12.7. The molecule has 162 valence electrons. The van der Waals surface area contributed by atoms with E-state index in [4.69, 9.17) is 4.74 Å². The Hall–Kier alpha value is -2.61. The molecule has 3 amide bonds. The fourth-order valence-electron chi connectivity index (χ4n) is 4.35. The quantitative estimate of drug-likeness (QED) is 0.718. The number of piperazine rings is 1. The number of nitrogens with zero attached hydrogens (tertiary/aromatic N) is 4. The lowest BCUT2D eigenvalue weighted by Gasteiger charge is -2.35. The van der Waals surface area contributed by atoms with Gasteiger partial charge in [0.1, 0.15) is 12.4 Å². The molecule has 0 radical (unpaired) electrons. The lowest BCUT2D eigenvalue weighted by atomic mass is 10.2. The van der Waals surface area contributed by atoms with Crippen LogP contribution >= 0.6 is 0 Å². The number of rotatable bonds is 5. The number of para-hydroxylation sites is 2. The molecule has 0 spiro atoms. The number of carbonyl (C=O) groups is 3. The summed E-state index contributed by atoms with van der Waals surface area (Å²) in [5.41, 5.74) is 0.775. The molecule has 8 nitrogen and oxygen atoms in total. The van der Waals surface area contributed by atoms with Crippen LogP contribution in [-0.4, -0.2) is 91.4 Å². The SMILES string of the molecule is O=C(CCC(=O)N1CCOc2ccccc21)N1CCN(CC(=O)N2CCCC2)CC1. The molecule has 4 rings (SSSR count). The van der Waals surface area contributed by atoms with E-state index in [9.17, 15) is 14.4 Å². The molecule has 0 atom stereocenters. The predicted octanol–water partition coefficient (Wildman–Crippen LogP) is 0.959. The smallest absolute Gasteiger partial charge is 0.236 e. The Morgan fingerprint density at radius 3 is 2.20 bits per heavy atom. The first-order valence-corrected chi connectivity index (χ1v) is 10.9. The monoisotopic (exact) mass is 414 g/mol. The van der Waals surface area contributed by atoms with Crippen LogP contribution in [0.4, 0.5) is 5.69 Å². The van der Waals surface area contributed by atoms with Gasteiger partial charge in [-0.25, -0.2) is 0 Å². The molecular weight excluding hydrogens is 384 g/mol. The fraction of sp³-hybridized carbons (Fsp3) is 0.591. The van der Waals surface area contributed by atoms with E-state index < -0.39 is 0 Å². The van der Waals surface area contributed by atoms with Gasteiger partial charge in [0.2, 0.25) is 17.7 Å². The number of anilines is 1. The van der Waals surface area contributed by atoms with Crippen LogP contribution in [0.3, 0.4) is 0 Å². The van der Waals surface area contributed by atoms with Crippen molar-refractivity contribution in [2.45, 2.75) is 25.7 Å². The van der Waals surface area contributed by atoms with Crippen LogP contribution in [0.2, 0.25) is 0 Å². The Morgan fingerprint density at radius 2 is 1.43 bits per heavy atom. The molecule has 0 unspecified atom stereocenters. The second-order valence-corrected chi connectivity index (χ2v) is 8.11. The first-order chi connectivity index (χ1) is 14.6. The van der Waals surface area contributed by atoms with Gasteiger partial charge in [-0.1, -0.05) is 12.1 Å². The van der Waals surface area contributed by atoms with Crippen LogP contribution in [0.25, 0.3) is 0 Å². The maximum Gasteiger partial charge on any atom is 0.236 e. The topological polar surface area (TPSA) is 73.4 Å². The molecule has 0 bridgehead atoms. The average Bonchev–Trinajstić information content (AvgIpc) is 3.32. The van der Waals surface area contributed by atoms with E-state index in [1.165, 1.54) is 0 Å². The second kappa shape index (κ2) is 9.47. The van der Waals surface area contributed by atoms with Crippen LogP contribution in [0.15, 0.2) is 24.3 Å². The van der Waals surface area contributed by atoms with E-state index in [-0.39, 0.29) is 30.6 Å². The highest BCUT2D eigenvalue weighted by Gasteiger charge is 2.27. The van der Waals surface area contributed by atoms with Gasteiger partial charge < -0.3 is 19.4 Å². The molecule has 1 aromatic rings. The summed E-state index contributed by atoms with van der Waals surface area (Å²) in [6.45, 7) is 5.80. The minimum atomic E-state index is -0.0473. The Bertz CT molecular complexity index is 785. The van der Waals surface area contributed by atoms with Crippen molar-refractivity contribution in [3.8, 4) is 5.75 Å². The summed E-state index contributed by atoms with van der Waals surface area (Å²) in [5, 5.41) is 0. The van der Waals surface area contributed by atoms with Gasteiger partial charge in [-0.2, -0.15) is 0 Å². The first kappa shape index (κ1) is 20.7. The molecule has 3 heterocycles. The standard InChI is InChI=1S/C22H30N4O4/c27-20(7-8-21(28)26-15-16-30-19-6-2-1-5-18(19)26)25-13-11-23(12-14-25)17-22(29)24-9-3-4-10-24/h1-2,5-6H,3-4,7-17H2. The van der Waals surface area contributed by atoms with Crippen LogP contribution in [0, 0.1) is 0 Å². The van der Waals surface area contributed by atoms with Crippen molar-refractivity contribution >= 4 is 23.4 Å². The van der Waals surface area contributed by atoms with Crippen molar-refractivity contribution < 1.29 is 19.1 Å². The number of hydrogen-bond donors (Lipinski definition) is 0. The zero-order valence-electron chi connectivity index (χ0n) is 17.4. The van der Waals surface area contributed by atoms with E-state index in [1.807, 2.05) is 34.1 Å². The number of likely N-dealkylation sites (tertiary alicyclic amines) is 1. The fourth-order valence-corrected chi connectivity index (χ4v) is 4.35. The zero-order chi connectivity index (χ0) is 20.9. The summed E-state index contributed by atoms with van der Waals surface area (Å²) in [7, 11) is 0. The molecule has 3 aliphatic rings. The normalized spacial score (nSPS) is 19.4. The lowest BCUT2D eigenvalue weighted by molar-refractivity contribution is -0.136. The number of carbonyl (C=O) groups excluding carboxylic acids is 3. The number of fused-ring (bicyclic) bond motifs is 1. The van der Waals surface area contributed by atoms with Gasteiger partial charge >= 0.3 is 0 Å².